The van der Waals surface area contributed by atoms with Gasteiger partial charge in [-0.1, -0.05) is 13.8 Å². The van der Waals surface area contributed by atoms with E-state index in [-0.39, 0.29) is 0 Å². The van der Waals surface area contributed by atoms with Crippen molar-refractivity contribution in [1.82, 2.24) is 10.2 Å². The lowest BCUT2D eigenvalue weighted by atomic mass is 9.80. The fourth-order valence-corrected chi connectivity index (χ4v) is 3.04. The molecule has 2 nitrogen and oxygen atoms in total. The maximum Gasteiger partial charge on any atom is 0.00672 e. The first-order valence-corrected chi connectivity index (χ1v) is 8.44. The molecule has 0 unspecified atom stereocenters. The lowest BCUT2D eigenvalue weighted by molar-refractivity contribution is 0.235. The van der Waals surface area contributed by atoms with Crippen LogP contribution in [0.2, 0.25) is 0 Å². The number of unbranched alkanes of at least 4 members (excludes halogenated alkanes) is 1. The second kappa shape index (κ2) is 8.97. The van der Waals surface area contributed by atoms with Crippen LogP contribution >= 0.6 is 0 Å². The van der Waals surface area contributed by atoms with Crippen molar-refractivity contribution in [2.45, 2.75) is 78.3 Å². The highest BCUT2D eigenvalue weighted by Gasteiger charge is 2.22. The first-order valence-electron chi connectivity index (χ1n) is 8.44. The first kappa shape index (κ1) is 17.0. The predicted octanol–water partition coefficient (Wildman–Crippen LogP) is 3.91. The van der Waals surface area contributed by atoms with Crippen molar-refractivity contribution >= 4 is 0 Å². The summed E-state index contributed by atoms with van der Waals surface area (Å²) in [5.41, 5.74) is 0. The topological polar surface area (TPSA) is 15.3 Å². The van der Waals surface area contributed by atoms with Crippen LogP contribution in [-0.4, -0.2) is 37.1 Å². The molecule has 0 heterocycles. The summed E-state index contributed by atoms with van der Waals surface area (Å²) in [6.45, 7) is 11.7. The van der Waals surface area contributed by atoms with E-state index in [4.69, 9.17) is 0 Å². The second-order valence-electron chi connectivity index (χ2n) is 7.09. The van der Waals surface area contributed by atoms with Crippen LogP contribution < -0.4 is 5.32 Å². The Kier molecular flexibility index (Phi) is 8.01. The summed E-state index contributed by atoms with van der Waals surface area (Å²) in [5, 5.41) is 3.77. The van der Waals surface area contributed by atoms with E-state index in [1.54, 1.807) is 0 Å². The third kappa shape index (κ3) is 6.76. The molecule has 1 rings (SSSR count). The van der Waals surface area contributed by atoms with E-state index in [0.717, 1.165) is 17.9 Å². The lowest BCUT2D eigenvalue weighted by Gasteiger charge is -2.31. The molecule has 0 aromatic carbocycles. The quantitative estimate of drug-likeness (QED) is 0.671. The molecule has 0 atom stereocenters. The summed E-state index contributed by atoms with van der Waals surface area (Å²) in [5.74, 6) is 1.87. The highest BCUT2D eigenvalue weighted by atomic mass is 15.1. The SMILES string of the molecule is CC(C)C1CCC(NCCCCN(C)C(C)C)CC1. The maximum absolute atomic E-state index is 3.77. The van der Waals surface area contributed by atoms with Crippen molar-refractivity contribution in [2.75, 3.05) is 20.1 Å². The molecule has 1 N–H and O–H groups in total. The fourth-order valence-electron chi connectivity index (χ4n) is 3.04. The van der Waals surface area contributed by atoms with Crippen LogP contribution in [-0.2, 0) is 0 Å². The Bertz CT molecular complexity index is 217. The van der Waals surface area contributed by atoms with Gasteiger partial charge >= 0.3 is 0 Å². The minimum absolute atomic E-state index is 0.680. The van der Waals surface area contributed by atoms with Crippen molar-refractivity contribution in [1.29, 1.82) is 0 Å². The smallest absolute Gasteiger partial charge is 0.00672 e. The first-order chi connectivity index (χ1) is 9.00. The van der Waals surface area contributed by atoms with E-state index in [9.17, 15) is 0 Å². The van der Waals surface area contributed by atoms with Crippen molar-refractivity contribution in [3.8, 4) is 0 Å². The summed E-state index contributed by atoms with van der Waals surface area (Å²) in [6.07, 6.45) is 8.31. The molecule has 0 aromatic heterocycles. The number of rotatable bonds is 8. The normalized spacial score (nSPS) is 24.6. The highest BCUT2D eigenvalue weighted by molar-refractivity contribution is 4.78. The molecular weight excluding hydrogens is 232 g/mol. The van der Waals surface area contributed by atoms with Crippen LogP contribution in [0.5, 0.6) is 0 Å². The Morgan fingerprint density at radius 2 is 1.63 bits per heavy atom. The van der Waals surface area contributed by atoms with Crippen LogP contribution in [0.15, 0.2) is 0 Å². The Morgan fingerprint density at radius 3 is 2.16 bits per heavy atom. The summed E-state index contributed by atoms with van der Waals surface area (Å²) in [6, 6.07) is 1.48. The monoisotopic (exact) mass is 268 g/mol. The van der Waals surface area contributed by atoms with Gasteiger partial charge < -0.3 is 10.2 Å². The molecule has 0 bridgehead atoms. The molecule has 2 heteroatoms. The molecule has 1 fully saturated rings. The van der Waals surface area contributed by atoms with E-state index in [2.05, 4.69) is 45.0 Å². The van der Waals surface area contributed by atoms with Gasteiger partial charge in [-0.05, 0) is 84.3 Å². The molecule has 0 amide bonds. The average Bonchev–Trinajstić information content (AvgIpc) is 2.38. The summed E-state index contributed by atoms with van der Waals surface area (Å²) in [4.78, 5) is 2.44. The number of hydrogen-bond acceptors (Lipinski definition) is 2. The zero-order valence-electron chi connectivity index (χ0n) is 13.9. The van der Waals surface area contributed by atoms with Gasteiger partial charge in [0.25, 0.3) is 0 Å². The molecule has 0 radical (unpaired) electrons. The van der Waals surface area contributed by atoms with Gasteiger partial charge in [0.1, 0.15) is 0 Å². The van der Waals surface area contributed by atoms with E-state index >= 15 is 0 Å². The molecule has 0 aliphatic heterocycles. The molecule has 0 saturated heterocycles. The van der Waals surface area contributed by atoms with Gasteiger partial charge in [-0.3, -0.25) is 0 Å². The lowest BCUT2D eigenvalue weighted by Crippen LogP contribution is -2.35. The molecule has 0 aromatic rings. The van der Waals surface area contributed by atoms with Gasteiger partial charge in [0.2, 0.25) is 0 Å². The Balaban J connectivity index is 1.99. The highest BCUT2D eigenvalue weighted by Crippen LogP contribution is 2.29. The van der Waals surface area contributed by atoms with E-state index in [0.29, 0.717) is 6.04 Å². The summed E-state index contributed by atoms with van der Waals surface area (Å²) in [7, 11) is 2.23. The minimum atomic E-state index is 0.680. The molecule has 0 spiro atoms. The molecule has 114 valence electrons. The Labute approximate surface area is 121 Å². The van der Waals surface area contributed by atoms with Gasteiger partial charge in [0, 0.05) is 12.1 Å². The van der Waals surface area contributed by atoms with Crippen LogP contribution in [0, 0.1) is 11.8 Å². The van der Waals surface area contributed by atoms with Crippen molar-refractivity contribution in [2.24, 2.45) is 11.8 Å². The summed E-state index contributed by atoms with van der Waals surface area (Å²) < 4.78 is 0. The van der Waals surface area contributed by atoms with Crippen LogP contribution in [0.4, 0.5) is 0 Å². The third-order valence-corrected chi connectivity index (χ3v) is 4.97. The number of nitrogens with one attached hydrogen (secondary N) is 1. The molecule has 1 aliphatic rings. The minimum Gasteiger partial charge on any atom is -0.314 e. The Hall–Kier alpha value is -0.0800. The number of nitrogens with zero attached hydrogens (tertiary/aromatic N) is 1. The van der Waals surface area contributed by atoms with Gasteiger partial charge in [0.15, 0.2) is 0 Å². The average molecular weight is 268 g/mol. The number of hydrogen-bond donors (Lipinski definition) is 1. The largest absolute Gasteiger partial charge is 0.314 e. The molecule has 1 saturated carbocycles. The third-order valence-electron chi connectivity index (χ3n) is 4.97. The molecule has 1 aliphatic carbocycles. The molecule has 19 heavy (non-hydrogen) atoms. The van der Waals surface area contributed by atoms with Crippen LogP contribution in [0.3, 0.4) is 0 Å². The zero-order chi connectivity index (χ0) is 14.3. The maximum atomic E-state index is 3.77. The summed E-state index contributed by atoms with van der Waals surface area (Å²) >= 11 is 0. The predicted molar refractivity (Wildman–Crippen MR) is 85.6 cm³/mol. The van der Waals surface area contributed by atoms with Crippen molar-refractivity contribution in [3.05, 3.63) is 0 Å². The van der Waals surface area contributed by atoms with E-state index in [1.807, 2.05) is 0 Å². The van der Waals surface area contributed by atoms with E-state index < -0.39 is 0 Å². The second-order valence-corrected chi connectivity index (χ2v) is 7.09. The Morgan fingerprint density at radius 1 is 1.00 bits per heavy atom. The fraction of sp³-hybridized carbons (Fsp3) is 1.00. The van der Waals surface area contributed by atoms with Crippen molar-refractivity contribution in [3.63, 3.8) is 0 Å². The standard InChI is InChI=1S/C17H36N2/c1-14(2)16-8-10-17(11-9-16)18-12-6-7-13-19(5)15(3)4/h14-18H,6-13H2,1-5H3. The van der Waals surface area contributed by atoms with Gasteiger partial charge in [0.05, 0.1) is 0 Å². The molecular formula is C17H36N2. The van der Waals surface area contributed by atoms with Crippen molar-refractivity contribution < 1.29 is 0 Å². The van der Waals surface area contributed by atoms with Gasteiger partial charge in [-0.25, -0.2) is 0 Å². The zero-order valence-corrected chi connectivity index (χ0v) is 13.9. The van der Waals surface area contributed by atoms with E-state index in [1.165, 1.54) is 51.6 Å². The van der Waals surface area contributed by atoms with Crippen LogP contribution in [0.1, 0.15) is 66.2 Å². The van der Waals surface area contributed by atoms with Gasteiger partial charge in [-0.2, -0.15) is 0 Å². The van der Waals surface area contributed by atoms with Crippen LogP contribution in [0.25, 0.3) is 0 Å². The van der Waals surface area contributed by atoms with Gasteiger partial charge in [-0.15, -0.1) is 0 Å².